The van der Waals surface area contributed by atoms with Gasteiger partial charge in [0.05, 0.1) is 11.4 Å². The molecule has 0 aliphatic carbocycles. The SMILES string of the molecule is O=C(c1cc(F)cc(C(F)F)c1)c1cc(-c2nccc3c2CCNC3=O)ncn1. The van der Waals surface area contributed by atoms with Gasteiger partial charge in [-0.2, -0.15) is 0 Å². The van der Waals surface area contributed by atoms with Crippen molar-refractivity contribution >= 4 is 11.7 Å². The molecule has 0 saturated heterocycles. The van der Waals surface area contributed by atoms with E-state index in [1.807, 2.05) is 0 Å². The number of rotatable bonds is 4. The first-order valence-electron chi connectivity index (χ1n) is 8.66. The first-order valence-corrected chi connectivity index (χ1v) is 8.66. The molecule has 1 amide bonds. The Kier molecular flexibility index (Phi) is 4.79. The van der Waals surface area contributed by atoms with E-state index in [1.165, 1.54) is 12.3 Å². The number of carbonyl (C=O) groups excluding carboxylic acids is 2. The molecule has 0 spiro atoms. The molecular weight excluding hydrogens is 385 g/mol. The molecule has 2 aromatic heterocycles. The summed E-state index contributed by atoms with van der Waals surface area (Å²) >= 11 is 0. The summed E-state index contributed by atoms with van der Waals surface area (Å²) in [6.07, 6.45) is 0.229. The van der Waals surface area contributed by atoms with Crippen LogP contribution < -0.4 is 5.32 Å². The number of hydrogen-bond acceptors (Lipinski definition) is 5. The molecule has 4 rings (SSSR count). The van der Waals surface area contributed by atoms with Crippen LogP contribution in [0.25, 0.3) is 11.4 Å². The second-order valence-electron chi connectivity index (χ2n) is 6.38. The Hall–Kier alpha value is -3.62. The topological polar surface area (TPSA) is 84.8 Å². The van der Waals surface area contributed by atoms with E-state index in [4.69, 9.17) is 0 Å². The van der Waals surface area contributed by atoms with Crippen LogP contribution in [-0.2, 0) is 6.42 Å². The standard InChI is InChI=1S/C20H13F3N4O2/c21-12-6-10(5-11(7-12)19(22)23)18(28)16-8-15(26-9-27-16)17-13-1-4-25-20(29)14(13)2-3-24-17/h2-3,5-9,19H,1,4H2,(H,25,29). The number of halogens is 3. The predicted octanol–water partition coefficient (Wildman–Crippen LogP) is 3.13. The fourth-order valence-corrected chi connectivity index (χ4v) is 3.20. The smallest absolute Gasteiger partial charge is 0.263 e. The Labute approximate surface area is 162 Å². The van der Waals surface area contributed by atoms with Crippen molar-refractivity contribution in [3.8, 4) is 11.4 Å². The fraction of sp³-hybridized carbons (Fsp3) is 0.150. The van der Waals surface area contributed by atoms with Crippen molar-refractivity contribution in [2.75, 3.05) is 6.54 Å². The molecule has 0 fully saturated rings. The van der Waals surface area contributed by atoms with Crippen LogP contribution in [0.5, 0.6) is 0 Å². The van der Waals surface area contributed by atoms with Gasteiger partial charge in [-0.15, -0.1) is 0 Å². The largest absolute Gasteiger partial charge is 0.352 e. The maximum absolute atomic E-state index is 13.7. The summed E-state index contributed by atoms with van der Waals surface area (Å²) in [5.74, 6) is -1.89. The fourth-order valence-electron chi connectivity index (χ4n) is 3.20. The highest BCUT2D eigenvalue weighted by Gasteiger charge is 2.23. The van der Waals surface area contributed by atoms with Gasteiger partial charge in [0.15, 0.2) is 0 Å². The quantitative estimate of drug-likeness (QED) is 0.683. The van der Waals surface area contributed by atoms with Gasteiger partial charge in [-0.05, 0) is 42.3 Å². The zero-order chi connectivity index (χ0) is 20.5. The Morgan fingerprint density at radius 3 is 2.72 bits per heavy atom. The zero-order valence-corrected chi connectivity index (χ0v) is 14.8. The molecule has 146 valence electrons. The Balaban J connectivity index is 1.75. The van der Waals surface area contributed by atoms with Crippen LogP contribution in [0.3, 0.4) is 0 Å². The van der Waals surface area contributed by atoms with Crippen LogP contribution in [0.2, 0.25) is 0 Å². The van der Waals surface area contributed by atoms with Gasteiger partial charge in [0.1, 0.15) is 17.8 Å². The molecule has 29 heavy (non-hydrogen) atoms. The molecule has 3 aromatic rings. The summed E-state index contributed by atoms with van der Waals surface area (Å²) in [5, 5.41) is 2.74. The zero-order valence-electron chi connectivity index (χ0n) is 14.8. The van der Waals surface area contributed by atoms with Crippen molar-refractivity contribution in [3.05, 3.63) is 76.6 Å². The molecule has 1 aliphatic rings. The number of amides is 1. The molecule has 1 N–H and O–H groups in total. The average molecular weight is 398 g/mol. The highest BCUT2D eigenvalue weighted by molar-refractivity contribution is 6.08. The average Bonchev–Trinajstić information content (AvgIpc) is 2.73. The minimum atomic E-state index is -2.91. The van der Waals surface area contributed by atoms with E-state index < -0.39 is 23.6 Å². The summed E-state index contributed by atoms with van der Waals surface area (Å²) in [6, 6.07) is 5.44. The highest BCUT2D eigenvalue weighted by atomic mass is 19.3. The second kappa shape index (κ2) is 7.42. The van der Waals surface area contributed by atoms with Gasteiger partial charge < -0.3 is 5.32 Å². The maximum atomic E-state index is 13.7. The number of nitrogens with zero attached hydrogens (tertiary/aromatic N) is 3. The highest BCUT2D eigenvalue weighted by Crippen LogP contribution is 2.26. The lowest BCUT2D eigenvalue weighted by molar-refractivity contribution is 0.0945. The molecule has 0 radical (unpaired) electrons. The molecule has 0 bridgehead atoms. The number of hydrogen-bond donors (Lipinski definition) is 1. The number of fused-ring (bicyclic) bond motifs is 1. The molecule has 6 nitrogen and oxygen atoms in total. The summed E-state index contributed by atoms with van der Waals surface area (Å²) < 4.78 is 39.5. The third kappa shape index (κ3) is 3.58. The van der Waals surface area contributed by atoms with Crippen LogP contribution in [0.1, 0.15) is 44.0 Å². The number of benzene rings is 1. The molecule has 1 aromatic carbocycles. The van der Waals surface area contributed by atoms with E-state index >= 15 is 0 Å². The van der Waals surface area contributed by atoms with Gasteiger partial charge in [-0.25, -0.2) is 23.1 Å². The van der Waals surface area contributed by atoms with Crippen LogP contribution in [0.4, 0.5) is 13.2 Å². The Bertz CT molecular complexity index is 1130. The van der Waals surface area contributed by atoms with Gasteiger partial charge in [-0.3, -0.25) is 14.6 Å². The van der Waals surface area contributed by atoms with Crippen LogP contribution in [-0.4, -0.2) is 33.2 Å². The van der Waals surface area contributed by atoms with Crippen LogP contribution in [0, 0.1) is 5.82 Å². The summed E-state index contributed by atoms with van der Waals surface area (Å²) in [5.41, 5.74) is 0.973. The van der Waals surface area contributed by atoms with Crippen molar-refractivity contribution < 1.29 is 22.8 Å². The minimum Gasteiger partial charge on any atom is -0.352 e. The van der Waals surface area contributed by atoms with E-state index in [1.54, 1.807) is 6.07 Å². The number of ketones is 1. The van der Waals surface area contributed by atoms with Gasteiger partial charge in [0.25, 0.3) is 12.3 Å². The first-order chi connectivity index (χ1) is 13.9. The van der Waals surface area contributed by atoms with Crippen molar-refractivity contribution in [2.24, 2.45) is 0 Å². The van der Waals surface area contributed by atoms with Gasteiger partial charge in [0, 0.05) is 29.4 Å². The van der Waals surface area contributed by atoms with Crippen LogP contribution >= 0.6 is 0 Å². The van der Waals surface area contributed by atoms with Gasteiger partial charge >= 0.3 is 0 Å². The van der Waals surface area contributed by atoms with Crippen LogP contribution in [0.15, 0.2) is 42.9 Å². The molecule has 0 atom stereocenters. The predicted molar refractivity (Wildman–Crippen MR) is 96.1 cm³/mol. The van der Waals surface area contributed by atoms with E-state index in [9.17, 15) is 22.8 Å². The lowest BCUT2D eigenvalue weighted by atomic mass is 9.97. The molecule has 0 saturated carbocycles. The van der Waals surface area contributed by atoms with E-state index in [2.05, 4.69) is 20.3 Å². The van der Waals surface area contributed by atoms with E-state index in [0.717, 1.165) is 18.5 Å². The molecule has 0 unspecified atom stereocenters. The van der Waals surface area contributed by atoms with Crippen molar-refractivity contribution in [1.29, 1.82) is 0 Å². The van der Waals surface area contributed by atoms with Crippen molar-refractivity contribution in [3.63, 3.8) is 0 Å². The van der Waals surface area contributed by atoms with Gasteiger partial charge in [0.2, 0.25) is 5.78 Å². The monoisotopic (exact) mass is 398 g/mol. The van der Waals surface area contributed by atoms with Crippen molar-refractivity contribution in [1.82, 2.24) is 20.3 Å². The first kappa shape index (κ1) is 18.7. The third-order valence-corrected chi connectivity index (χ3v) is 4.54. The lowest BCUT2D eigenvalue weighted by Gasteiger charge is -2.18. The minimum absolute atomic E-state index is 0.0968. The molecule has 1 aliphatic heterocycles. The number of nitrogens with one attached hydrogen (secondary N) is 1. The van der Waals surface area contributed by atoms with E-state index in [-0.39, 0.29) is 17.2 Å². The Morgan fingerprint density at radius 1 is 1.10 bits per heavy atom. The molecule has 3 heterocycles. The van der Waals surface area contributed by atoms with Gasteiger partial charge in [-0.1, -0.05) is 0 Å². The van der Waals surface area contributed by atoms with Crippen molar-refractivity contribution in [2.45, 2.75) is 12.8 Å². The number of pyridine rings is 1. The number of carbonyl (C=O) groups is 2. The lowest BCUT2D eigenvalue weighted by Crippen LogP contribution is -2.32. The number of aromatic nitrogens is 3. The Morgan fingerprint density at radius 2 is 1.93 bits per heavy atom. The summed E-state index contributed by atoms with van der Waals surface area (Å²) in [6.45, 7) is 0.446. The van der Waals surface area contributed by atoms with E-state index in [0.29, 0.717) is 41.5 Å². The summed E-state index contributed by atoms with van der Waals surface area (Å²) in [4.78, 5) is 37.0. The third-order valence-electron chi connectivity index (χ3n) is 4.54. The molecule has 9 heteroatoms. The maximum Gasteiger partial charge on any atom is 0.263 e. The number of alkyl halides is 2. The molecular formula is C20H13F3N4O2. The normalized spacial score (nSPS) is 13.2. The second-order valence-corrected chi connectivity index (χ2v) is 6.38. The summed E-state index contributed by atoms with van der Waals surface area (Å²) in [7, 11) is 0.